The SMILES string of the molecule is COC1CC(NC(=O)N2C[C@H](O)C[C@@H]2C(=O)O)C1. The normalized spacial score (nSPS) is 35.1. The van der Waals surface area contributed by atoms with Gasteiger partial charge < -0.3 is 25.2 Å². The van der Waals surface area contributed by atoms with E-state index < -0.39 is 24.1 Å². The highest BCUT2D eigenvalue weighted by Gasteiger charge is 2.40. The molecule has 2 aliphatic rings. The summed E-state index contributed by atoms with van der Waals surface area (Å²) in [4.78, 5) is 24.1. The Hall–Kier alpha value is -1.34. The van der Waals surface area contributed by atoms with Crippen LogP contribution in [0.4, 0.5) is 4.79 Å². The highest BCUT2D eigenvalue weighted by molar-refractivity contribution is 5.83. The maximum Gasteiger partial charge on any atom is 0.326 e. The van der Waals surface area contributed by atoms with Gasteiger partial charge in [0.1, 0.15) is 6.04 Å². The molecule has 1 saturated carbocycles. The van der Waals surface area contributed by atoms with Crippen molar-refractivity contribution in [2.75, 3.05) is 13.7 Å². The number of carboxylic acids is 1. The van der Waals surface area contributed by atoms with Crippen LogP contribution in [0, 0.1) is 0 Å². The number of urea groups is 1. The number of nitrogens with one attached hydrogen (secondary N) is 1. The van der Waals surface area contributed by atoms with Crippen LogP contribution in [0.5, 0.6) is 0 Å². The highest BCUT2D eigenvalue weighted by Crippen LogP contribution is 2.24. The predicted molar refractivity (Wildman–Crippen MR) is 61.1 cm³/mol. The van der Waals surface area contributed by atoms with Crippen LogP contribution in [-0.4, -0.2) is 65.1 Å². The molecule has 0 radical (unpaired) electrons. The van der Waals surface area contributed by atoms with E-state index in [0.717, 1.165) is 12.8 Å². The molecule has 0 bridgehead atoms. The first-order valence-corrected chi connectivity index (χ1v) is 6.02. The lowest BCUT2D eigenvalue weighted by Crippen LogP contribution is -2.54. The van der Waals surface area contributed by atoms with E-state index in [1.807, 2.05) is 0 Å². The lowest BCUT2D eigenvalue weighted by Gasteiger charge is -2.36. The van der Waals surface area contributed by atoms with Crippen molar-refractivity contribution < 1.29 is 24.5 Å². The van der Waals surface area contributed by atoms with E-state index in [2.05, 4.69) is 5.32 Å². The molecule has 3 N–H and O–H groups in total. The fourth-order valence-corrected chi connectivity index (χ4v) is 2.41. The Balaban J connectivity index is 1.86. The lowest BCUT2D eigenvalue weighted by atomic mass is 9.89. The summed E-state index contributed by atoms with van der Waals surface area (Å²) >= 11 is 0. The van der Waals surface area contributed by atoms with Crippen LogP contribution in [0.25, 0.3) is 0 Å². The molecule has 102 valence electrons. The maximum atomic E-state index is 11.9. The molecular weight excluding hydrogens is 240 g/mol. The van der Waals surface area contributed by atoms with Crippen molar-refractivity contribution in [1.82, 2.24) is 10.2 Å². The number of hydrogen-bond acceptors (Lipinski definition) is 4. The number of carbonyl (C=O) groups excluding carboxylic acids is 1. The molecule has 2 atom stereocenters. The first kappa shape index (κ1) is 13.1. The van der Waals surface area contributed by atoms with E-state index in [-0.39, 0.29) is 25.1 Å². The average Bonchev–Trinajstić information content (AvgIpc) is 2.65. The van der Waals surface area contributed by atoms with Gasteiger partial charge in [0.15, 0.2) is 0 Å². The maximum absolute atomic E-state index is 11.9. The largest absolute Gasteiger partial charge is 0.480 e. The van der Waals surface area contributed by atoms with E-state index in [9.17, 15) is 14.7 Å². The molecule has 0 unspecified atom stereocenters. The number of likely N-dealkylation sites (tertiary alicyclic amines) is 1. The number of methoxy groups -OCH3 is 1. The van der Waals surface area contributed by atoms with E-state index >= 15 is 0 Å². The highest BCUT2D eigenvalue weighted by atomic mass is 16.5. The van der Waals surface area contributed by atoms with E-state index in [0.29, 0.717) is 0 Å². The first-order chi connectivity index (χ1) is 8.51. The molecule has 2 rings (SSSR count). The van der Waals surface area contributed by atoms with Gasteiger partial charge in [0.05, 0.1) is 12.2 Å². The second-order valence-corrected chi connectivity index (χ2v) is 4.87. The molecule has 2 amide bonds. The van der Waals surface area contributed by atoms with Crippen molar-refractivity contribution >= 4 is 12.0 Å². The van der Waals surface area contributed by atoms with Crippen molar-refractivity contribution in [3.8, 4) is 0 Å². The fourth-order valence-electron chi connectivity index (χ4n) is 2.41. The number of hydrogen-bond donors (Lipinski definition) is 3. The molecular formula is C11H18N2O5. The van der Waals surface area contributed by atoms with Gasteiger partial charge in [-0.3, -0.25) is 0 Å². The van der Waals surface area contributed by atoms with Crippen molar-refractivity contribution in [2.24, 2.45) is 0 Å². The standard InChI is InChI=1S/C11H18N2O5/c1-18-8-2-6(3-8)12-11(17)13-5-7(14)4-9(13)10(15)16/h6-9,14H,2-5H2,1H3,(H,12,17)(H,15,16)/t6?,7-,8?,9-/m1/s1. The molecule has 7 nitrogen and oxygen atoms in total. The zero-order valence-corrected chi connectivity index (χ0v) is 10.2. The van der Waals surface area contributed by atoms with Crippen LogP contribution >= 0.6 is 0 Å². The molecule has 1 heterocycles. The number of aliphatic hydroxyl groups excluding tert-OH is 1. The Morgan fingerprint density at radius 1 is 1.33 bits per heavy atom. The fraction of sp³-hybridized carbons (Fsp3) is 0.818. The van der Waals surface area contributed by atoms with E-state index in [1.54, 1.807) is 7.11 Å². The zero-order valence-electron chi connectivity index (χ0n) is 10.2. The summed E-state index contributed by atoms with van der Waals surface area (Å²) in [5.41, 5.74) is 0. The summed E-state index contributed by atoms with van der Waals surface area (Å²) in [6.07, 6.45) is 1.00. The summed E-state index contributed by atoms with van der Waals surface area (Å²) in [6, 6.07) is -1.31. The second-order valence-electron chi connectivity index (χ2n) is 4.87. The van der Waals surface area contributed by atoms with Gasteiger partial charge in [-0.1, -0.05) is 0 Å². The lowest BCUT2D eigenvalue weighted by molar-refractivity contribution is -0.141. The Labute approximate surface area is 105 Å². The van der Waals surface area contributed by atoms with Crippen LogP contribution in [0.15, 0.2) is 0 Å². The van der Waals surface area contributed by atoms with Crippen LogP contribution in [-0.2, 0) is 9.53 Å². The van der Waals surface area contributed by atoms with Crippen LogP contribution in [0.2, 0.25) is 0 Å². The van der Waals surface area contributed by atoms with Crippen molar-refractivity contribution in [3.05, 3.63) is 0 Å². The number of ether oxygens (including phenoxy) is 1. The van der Waals surface area contributed by atoms with Gasteiger partial charge in [-0.15, -0.1) is 0 Å². The smallest absolute Gasteiger partial charge is 0.326 e. The summed E-state index contributed by atoms with van der Waals surface area (Å²) in [5, 5.41) is 21.2. The molecule has 7 heteroatoms. The van der Waals surface area contributed by atoms with Gasteiger partial charge in [-0.2, -0.15) is 0 Å². The van der Waals surface area contributed by atoms with Crippen molar-refractivity contribution in [3.63, 3.8) is 0 Å². The molecule has 0 aromatic carbocycles. The van der Waals surface area contributed by atoms with Gasteiger partial charge >= 0.3 is 12.0 Å². The molecule has 1 saturated heterocycles. The topological polar surface area (TPSA) is 99.1 Å². The number of aliphatic carboxylic acids is 1. The van der Waals surface area contributed by atoms with Gasteiger partial charge in [-0.25, -0.2) is 9.59 Å². The van der Waals surface area contributed by atoms with Gasteiger partial charge in [0.2, 0.25) is 0 Å². The summed E-state index contributed by atoms with van der Waals surface area (Å²) in [5.74, 6) is -1.08. The number of amides is 2. The summed E-state index contributed by atoms with van der Waals surface area (Å²) < 4.78 is 5.10. The number of rotatable bonds is 3. The first-order valence-electron chi connectivity index (χ1n) is 6.02. The molecule has 0 spiro atoms. The minimum Gasteiger partial charge on any atom is -0.480 e. The van der Waals surface area contributed by atoms with Crippen LogP contribution < -0.4 is 5.32 Å². The van der Waals surface area contributed by atoms with Gasteiger partial charge in [0, 0.05) is 26.1 Å². The van der Waals surface area contributed by atoms with Gasteiger partial charge in [0.25, 0.3) is 0 Å². The molecule has 0 aromatic rings. The monoisotopic (exact) mass is 258 g/mol. The number of carbonyl (C=O) groups is 2. The molecule has 1 aliphatic carbocycles. The number of carboxylic acid groups (broad SMARTS) is 1. The minimum atomic E-state index is -1.08. The summed E-state index contributed by atoms with van der Waals surface area (Å²) in [6.45, 7) is 0.0726. The Bertz CT molecular complexity index is 342. The van der Waals surface area contributed by atoms with Crippen molar-refractivity contribution in [2.45, 2.75) is 43.6 Å². The average molecular weight is 258 g/mol. The molecule has 2 fully saturated rings. The Morgan fingerprint density at radius 2 is 2.00 bits per heavy atom. The van der Waals surface area contributed by atoms with E-state index in [1.165, 1.54) is 4.90 Å². The second kappa shape index (κ2) is 5.11. The third-order valence-electron chi connectivity index (χ3n) is 3.58. The number of nitrogens with zero attached hydrogens (tertiary/aromatic N) is 1. The van der Waals surface area contributed by atoms with Crippen LogP contribution in [0.1, 0.15) is 19.3 Å². The third kappa shape index (κ3) is 2.56. The van der Waals surface area contributed by atoms with Crippen LogP contribution in [0.3, 0.4) is 0 Å². The predicted octanol–water partition coefficient (Wildman–Crippen LogP) is -0.607. The minimum absolute atomic E-state index is 0.0367. The molecule has 0 aromatic heterocycles. The molecule has 1 aliphatic heterocycles. The summed E-state index contributed by atoms with van der Waals surface area (Å²) in [7, 11) is 1.62. The van der Waals surface area contributed by atoms with Crippen molar-refractivity contribution in [1.29, 1.82) is 0 Å². The Morgan fingerprint density at radius 3 is 2.56 bits per heavy atom. The third-order valence-corrected chi connectivity index (χ3v) is 3.58. The Kier molecular flexibility index (Phi) is 3.72. The number of β-amino-alcohol motifs (C(OH)–C–C–N with tert-alkyl or cyclic N) is 1. The number of aliphatic hydroxyl groups is 1. The molecule has 18 heavy (non-hydrogen) atoms. The quantitative estimate of drug-likeness (QED) is 0.627. The van der Waals surface area contributed by atoms with E-state index in [4.69, 9.17) is 9.84 Å². The zero-order chi connectivity index (χ0) is 13.3. The van der Waals surface area contributed by atoms with Gasteiger partial charge in [-0.05, 0) is 12.8 Å².